The maximum absolute atomic E-state index is 13.5. The van der Waals surface area contributed by atoms with E-state index in [0.717, 1.165) is 37.6 Å². The Morgan fingerprint density at radius 3 is 2.84 bits per heavy atom. The first-order valence-electron chi connectivity index (χ1n) is 8.92. The van der Waals surface area contributed by atoms with Crippen molar-refractivity contribution in [2.24, 2.45) is 12.5 Å². The van der Waals surface area contributed by atoms with Crippen LogP contribution in [0.15, 0.2) is 30.6 Å². The van der Waals surface area contributed by atoms with Gasteiger partial charge in [-0.05, 0) is 55.5 Å². The van der Waals surface area contributed by atoms with Crippen LogP contribution in [0.25, 0.3) is 0 Å². The Hall–Kier alpha value is -1.43. The molecule has 1 aliphatic heterocycles. The number of hydrogen-bond donors (Lipinski definition) is 1. The predicted octanol–water partition coefficient (Wildman–Crippen LogP) is 3.36. The fourth-order valence-electron chi connectivity index (χ4n) is 4.18. The van der Waals surface area contributed by atoms with Gasteiger partial charge in [0.1, 0.15) is 11.6 Å². The molecule has 1 aliphatic carbocycles. The van der Waals surface area contributed by atoms with E-state index in [2.05, 4.69) is 19.8 Å². The number of nitrogens with zero attached hydrogens (tertiary/aromatic N) is 3. The molecule has 2 aromatic rings. The molecule has 1 saturated heterocycles. The lowest BCUT2D eigenvalue weighted by Gasteiger charge is -2.29. The van der Waals surface area contributed by atoms with Gasteiger partial charge in [0.15, 0.2) is 0 Å². The number of aromatic nitrogens is 2. The Kier molecular flexibility index (Phi) is 4.56. The smallest absolute Gasteiger partial charge is 0.141 e. The minimum atomic E-state index is -0.359. The number of rotatable bonds is 5. The minimum Gasteiger partial charge on any atom is -0.337 e. The lowest BCUT2D eigenvalue weighted by atomic mass is 9.93. The zero-order chi connectivity index (χ0) is 17.4. The lowest BCUT2D eigenvalue weighted by Crippen LogP contribution is -2.36. The van der Waals surface area contributed by atoms with Crippen LogP contribution in [0.5, 0.6) is 0 Å². The van der Waals surface area contributed by atoms with Gasteiger partial charge in [0.2, 0.25) is 0 Å². The van der Waals surface area contributed by atoms with Crippen LogP contribution in [-0.4, -0.2) is 33.6 Å². The first-order chi connectivity index (χ1) is 12.1. The maximum Gasteiger partial charge on any atom is 0.141 e. The summed E-state index contributed by atoms with van der Waals surface area (Å²) in [6.45, 7) is 3.79. The van der Waals surface area contributed by atoms with Gasteiger partial charge in [-0.15, -0.1) is 0 Å². The summed E-state index contributed by atoms with van der Waals surface area (Å²) < 4.78 is 15.6. The van der Waals surface area contributed by atoms with E-state index in [1.54, 1.807) is 6.07 Å². The molecule has 0 amide bonds. The number of aryl methyl sites for hydroxylation is 1. The van der Waals surface area contributed by atoms with Gasteiger partial charge >= 0.3 is 0 Å². The summed E-state index contributed by atoms with van der Waals surface area (Å²) in [5.41, 5.74) is 1.50. The van der Waals surface area contributed by atoms with E-state index < -0.39 is 0 Å². The molecule has 1 aromatic carbocycles. The number of nitrogens with one attached hydrogen (secondary N) is 1. The Balaban J connectivity index is 1.55. The molecule has 6 heteroatoms. The molecule has 1 aromatic heterocycles. The Labute approximate surface area is 153 Å². The molecule has 134 valence electrons. The third kappa shape index (κ3) is 3.46. The number of piperidine rings is 1. The number of benzene rings is 1. The SMILES string of the molecule is Cn1ccnc1CN(Cc1ccc(F)c(Cl)c1)[C@H]1CC12CCNCC2. The van der Waals surface area contributed by atoms with Crippen molar-refractivity contribution in [2.45, 2.75) is 38.4 Å². The summed E-state index contributed by atoms with van der Waals surface area (Å²) in [4.78, 5) is 6.99. The van der Waals surface area contributed by atoms with Crippen molar-refractivity contribution < 1.29 is 4.39 Å². The van der Waals surface area contributed by atoms with Crippen LogP contribution >= 0.6 is 11.6 Å². The van der Waals surface area contributed by atoms with Crippen molar-refractivity contribution in [3.63, 3.8) is 0 Å². The third-order valence-electron chi connectivity index (χ3n) is 5.82. The molecule has 1 saturated carbocycles. The first-order valence-corrected chi connectivity index (χ1v) is 9.30. The second kappa shape index (κ2) is 6.71. The van der Waals surface area contributed by atoms with Crippen LogP contribution < -0.4 is 5.32 Å². The summed E-state index contributed by atoms with van der Waals surface area (Å²) in [7, 11) is 2.03. The molecule has 0 bridgehead atoms. The topological polar surface area (TPSA) is 33.1 Å². The van der Waals surface area contributed by atoms with E-state index in [0.29, 0.717) is 11.5 Å². The molecule has 4 rings (SSSR count). The van der Waals surface area contributed by atoms with E-state index in [1.165, 1.54) is 25.3 Å². The van der Waals surface area contributed by atoms with Gasteiger partial charge in [-0.25, -0.2) is 9.37 Å². The molecule has 2 heterocycles. The third-order valence-corrected chi connectivity index (χ3v) is 6.11. The Morgan fingerprint density at radius 2 is 2.16 bits per heavy atom. The highest BCUT2D eigenvalue weighted by atomic mass is 35.5. The Bertz CT molecular complexity index is 754. The summed E-state index contributed by atoms with van der Waals surface area (Å²) in [5, 5.41) is 3.66. The van der Waals surface area contributed by atoms with Crippen LogP contribution in [-0.2, 0) is 20.1 Å². The quantitative estimate of drug-likeness (QED) is 0.885. The zero-order valence-corrected chi connectivity index (χ0v) is 15.3. The van der Waals surface area contributed by atoms with Gasteiger partial charge < -0.3 is 9.88 Å². The standard InChI is InChI=1S/C19H24ClFN4/c1-24-9-8-23-18(24)13-25(12-14-2-3-16(21)15(20)10-14)17-11-19(17)4-6-22-7-5-19/h2-3,8-10,17,22H,4-7,11-13H2,1H3/t17-/m0/s1. The maximum atomic E-state index is 13.5. The van der Waals surface area contributed by atoms with Gasteiger partial charge in [-0.3, -0.25) is 4.90 Å². The Morgan fingerprint density at radius 1 is 1.36 bits per heavy atom. The molecular weight excluding hydrogens is 339 g/mol. The number of imidazole rings is 1. The van der Waals surface area contributed by atoms with Gasteiger partial charge in [0.25, 0.3) is 0 Å². The minimum absolute atomic E-state index is 0.196. The first kappa shape index (κ1) is 17.0. The predicted molar refractivity (Wildman–Crippen MR) is 96.8 cm³/mol. The molecule has 1 spiro atoms. The highest BCUT2D eigenvalue weighted by Gasteiger charge is 2.56. The second-order valence-electron chi connectivity index (χ2n) is 7.44. The normalized spacial score (nSPS) is 21.8. The fraction of sp³-hybridized carbons (Fsp3) is 0.526. The summed E-state index contributed by atoms with van der Waals surface area (Å²) in [5.74, 6) is 0.700. The van der Waals surface area contributed by atoms with E-state index in [1.807, 2.05) is 25.5 Å². The van der Waals surface area contributed by atoms with E-state index in [4.69, 9.17) is 11.6 Å². The van der Waals surface area contributed by atoms with Crippen molar-refractivity contribution in [3.8, 4) is 0 Å². The van der Waals surface area contributed by atoms with E-state index in [9.17, 15) is 4.39 Å². The molecule has 4 nitrogen and oxygen atoms in total. The molecule has 1 N–H and O–H groups in total. The summed E-state index contributed by atoms with van der Waals surface area (Å²) in [6.07, 6.45) is 7.54. The van der Waals surface area contributed by atoms with Crippen molar-refractivity contribution in [1.82, 2.24) is 19.8 Å². The molecule has 2 fully saturated rings. The van der Waals surface area contributed by atoms with E-state index >= 15 is 0 Å². The van der Waals surface area contributed by atoms with Crippen LogP contribution in [0, 0.1) is 11.2 Å². The molecular formula is C19H24ClFN4. The van der Waals surface area contributed by atoms with Gasteiger partial charge in [-0.2, -0.15) is 0 Å². The zero-order valence-electron chi connectivity index (χ0n) is 14.5. The van der Waals surface area contributed by atoms with Gasteiger partial charge in [0, 0.05) is 32.0 Å². The van der Waals surface area contributed by atoms with Crippen molar-refractivity contribution >= 4 is 11.6 Å². The van der Waals surface area contributed by atoms with Crippen LogP contribution in [0.3, 0.4) is 0 Å². The van der Waals surface area contributed by atoms with Crippen LogP contribution in [0.4, 0.5) is 4.39 Å². The van der Waals surface area contributed by atoms with Gasteiger partial charge in [-0.1, -0.05) is 17.7 Å². The number of hydrogen-bond acceptors (Lipinski definition) is 3. The summed E-state index contributed by atoms with van der Waals surface area (Å²) in [6, 6.07) is 5.61. The van der Waals surface area contributed by atoms with Crippen molar-refractivity contribution in [3.05, 3.63) is 52.8 Å². The molecule has 25 heavy (non-hydrogen) atoms. The van der Waals surface area contributed by atoms with Crippen molar-refractivity contribution in [1.29, 1.82) is 0 Å². The molecule has 2 aliphatic rings. The summed E-state index contributed by atoms with van der Waals surface area (Å²) >= 11 is 5.98. The van der Waals surface area contributed by atoms with Gasteiger partial charge in [0.05, 0.1) is 11.6 Å². The fourth-order valence-corrected chi connectivity index (χ4v) is 4.39. The highest BCUT2D eigenvalue weighted by molar-refractivity contribution is 6.30. The second-order valence-corrected chi connectivity index (χ2v) is 7.85. The molecule has 0 radical (unpaired) electrons. The molecule has 0 unspecified atom stereocenters. The van der Waals surface area contributed by atoms with Crippen LogP contribution in [0.1, 0.15) is 30.7 Å². The lowest BCUT2D eigenvalue weighted by molar-refractivity contribution is 0.182. The monoisotopic (exact) mass is 362 g/mol. The van der Waals surface area contributed by atoms with Crippen molar-refractivity contribution in [2.75, 3.05) is 13.1 Å². The molecule has 1 atom stereocenters. The average molecular weight is 363 g/mol. The largest absolute Gasteiger partial charge is 0.337 e. The van der Waals surface area contributed by atoms with Crippen LogP contribution in [0.2, 0.25) is 5.02 Å². The number of halogens is 2. The van der Waals surface area contributed by atoms with E-state index in [-0.39, 0.29) is 10.8 Å². The average Bonchev–Trinajstić information content (AvgIpc) is 3.13. The highest BCUT2D eigenvalue weighted by Crippen LogP contribution is 2.56.